The van der Waals surface area contributed by atoms with Crippen LogP contribution in [0.25, 0.3) is 0 Å². The molecule has 11 heteroatoms. The van der Waals surface area contributed by atoms with Crippen molar-refractivity contribution in [3.63, 3.8) is 0 Å². The van der Waals surface area contributed by atoms with E-state index in [9.17, 15) is 18.0 Å². The molecule has 3 rings (SSSR count). The summed E-state index contributed by atoms with van der Waals surface area (Å²) in [6.45, 7) is 3.45. The standard InChI is InChI=1S/C18H18Cl2F3N5O/c1-2-24-17-25-14(18(21,22)23)10-15(26-17)27-3-5-28(6-4-27)16(29)11-7-12(19)9-13(20)8-11/h7-10H,2-6H2,1H3,(H,24,25,26). The van der Waals surface area contributed by atoms with Crippen molar-refractivity contribution in [3.8, 4) is 0 Å². The molecule has 0 aliphatic carbocycles. The third-order valence-electron chi connectivity index (χ3n) is 4.34. The van der Waals surface area contributed by atoms with Gasteiger partial charge in [-0.3, -0.25) is 4.79 Å². The second-order valence-electron chi connectivity index (χ2n) is 6.40. The zero-order valence-corrected chi connectivity index (χ0v) is 16.9. The summed E-state index contributed by atoms with van der Waals surface area (Å²) in [6, 6.07) is 5.53. The first-order valence-corrected chi connectivity index (χ1v) is 9.63. The number of nitrogens with zero attached hydrogens (tertiary/aromatic N) is 4. The highest BCUT2D eigenvalue weighted by atomic mass is 35.5. The van der Waals surface area contributed by atoms with E-state index >= 15 is 0 Å². The maximum absolute atomic E-state index is 13.2. The van der Waals surface area contributed by atoms with E-state index in [4.69, 9.17) is 23.2 Å². The molecule has 0 bridgehead atoms. The van der Waals surface area contributed by atoms with Gasteiger partial charge in [0.1, 0.15) is 5.82 Å². The molecule has 2 aromatic rings. The predicted octanol–water partition coefficient (Wildman–Crippen LogP) is 4.20. The molecule has 0 spiro atoms. The fraction of sp³-hybridized carbons (Fsp3) is 0.389. The summed E-state index contributed by atoms with van der Waals surface area (Å²) in [5.41, 5.74) is -0.641. The van der Waals surface area contributed by atoms with Crippen LogP contribution in [0.3, 0.4) is 0 Å². The van der Waals surface area contributed by atoms with Crippen LogP contribution in [-0.2, 0) is 6.18 Å². The zero-order chi connectivity index (χ0) is 21.2. The monoisotopic (exact) mass is 447 g/mol. The lowest BCUT2D eigenvalue weighted by Gasteiger charge is -2.35. The molecule has 1 N–H and O–H groups in total. The number of benzene rings is 1. The van der Waals surface area contributed by atoms with Crippen molar-refractivity contribution in [1.29, 1.82) is 0 Å². The van der Waals surface area contributed by atoms with Crippen molar-refractivity contribution >= 4 is 40.9 Å². The number of rotatable bonds is 4. The summed E-state index contributed by atoms with van der Waals surface area (Å²) in [5, 5.41) is 3.44. The van der Waals surface area contributed by atoms with Gasteiger partial charge in [-0.25, -0.2) is 4.98 Å². The van der Waals surface area contributed by atoms with Crippen LogP contribution in [0.4, 0.5) is 24.9 Å². The van der Waals surface area contributed by atoms with E-state index in [0.717, 1.165) is 6.07 Å². The third kappa shape index (κ3) is 5.22. The zero-order valence-electron chi connectivity index (χ0n) is 15.4. The van der Waals surface area contributed by atoms with Crippen molar-refractivity contribution in [3.05, 3.63) is 45.6 Å². The molecule has 1 aromatic carbocycles. The molecule has 156 valence electrons. The molecule has 1 aromatic heterocycles. The predicted molar refractivity (Wildman–Crippen MR) is 106 cm³/mol. The molecule has 2 heterocycles. The number of halogens is 5. The van der Waals surface area contributed by atoms with Gasteiger partial charge in [-0.2, -0.15) is 18.2 Å². The Kier molecular flexibility index (Phi) is 6.38. The molecule has 0 saturated carbocycles. The van der Waals surface area contributed by atoms with Crippen LogP contribution in [0.2, 0.25) is 10.0 Å². The van der Waals surface area contributed by atoms with Crippen LogP contribution >= 0.6 is 23.2 Å². The Hall–Kier alpha value is -2.26. The lowest BCUT2D eigenvalue weighted by atomic mass is 10.2. The Bertz CT molecular complexity index is 881. The highest BCUT2D eigenvalue weighted by molar-refractivity contribution is 6.35. The number of carbonyl (C=O) groups excluding carboxylic acids is 1. The normalized spacial score (nSPS) is 14.8. The molecular weight excluding hydrogens is 430 g/mol. The van der Waals surface area contributed by atoms with E-state index < -0.39 is 11.9 Å². The van der Waals surface area contributed by atoms with Gasteiger partial charge in [-0.15, -0.1) is 0 Å². The fourth-order valence-corrected chi connectivity index (χ4v) is 3.50. The molecule has 1 fully saturated rings. The number of anilines is 2. The maximum atomic E-state index is 13.2. The van der Waals surface area contributed by atoms with E-state index in [0.29, 0.717) is 48.3 Å². The Morgan fingerprint density at radius 3 is 2.24 bits per heavy atom. The number of piperazine rings is 1. The third-order valence-corrected chi connectivity index (χ3v) is 4.77. The van der Waals surface area contributed by atoms with Crippen LogP contribution in [0.1, 0.15) is 23.0 Å². The van der Waals surface area contributed by atoms with Crippen molar-refractivity contribution in [2.75, 3.05) is 42.9 Å². The van der Waals surface area contributed by atoms with Gasteiger partial charge in [0.15, 0.2) is 5.69 Å². The van der Waals surface area contributed by atoms with Gasteiger partial charge in [-0.1, -0.05) is 23.2 Å². The number of aromatic nitrogens is 2. The average molecular weight is 448 g/mol. The quantitative estimate of drug-likeness (QED) is 0.760. The van der Waals surface area contributed by atoms with Crippen molar-refractivity contribution in [2.45, 2.75) is 13.1 Å². The highest BCUT2D eigenvalue weighted by Crippen LogP contribution is 2.31. The second-order valence-corrected chi connectivity index (χ2v) is 7.27. The smallest absolute Gasteiger partial charge is 0.354 e. The van der Waals surface area contributed by atoms with E-state index in [-0.39, 0.29) is 17.7 Å². The van der Waals surface area contributed by atoms with Crippen LogP contribution in [0.5, 0.6) is 0 Å². The second kappa shape index (κ2) is 8.62. The van der Waals surface area contributed by atoms with E-state index in [1.807, 2.05) is 0 Å². The molecule has 1 aliphatic heterocycles. The summed E-state index contributed by atoms with van der Waals surface area (Å²) in [4.78, 5) is 23.7. The average Bonchev–Trinajstić information content (AvgIpc) is 2.66. The number of amides is 1. The minimum Gasteiger partial charge on any atom is -0.354 e. The number of hydrogen-bond donors (Lipinski definition) is 1. The maximum Gasteiger partial charge on any atom is 0.433 e. The van der Waals surface area contributed by atoms with E-state index in [1.165, 1.54) is 18.2 Å². The molecule has 29 heavy (non-hydrogen) atoms. The molecule has 0 unspecified atom stereocenters. The molecule has 6 nitrogen and oxygen atoms in total. The lowest BCUT2D eigenvalue weighted by molar-refractivity contribution is -0.141. The summed E-state index contributed by atoms with van der Waals surface area (Å²) < 4.78 is 39.5. The van der Waals surface area contributed by atoms with Crippen LogP contribution in [-0.4, -0.2) is 53.5 Å². The Labute approximate surface area is 175 Å². The van der Waals surface area contributed by atoms with Crippen molar-refractivity contribution in [2.24, 2.45) is 0 Å². The Morgan fingerprint density at radius 1 is 1.07 bits per heavy atom. The highest BCUT2D eigenvalue weighted by Gasteiger charge is 2.34. The first kappa shape index (κ1) is 21.4. The van der Waals surface area contributed by atoms with Gasteiger partial charge in [0, 0.05) is 54.4 Å². The van der Waals surface area contributed by atoms with Gasteiger partial charge in [0.25, 0.3) is 5.91 Å². The minimum atomic E-state index is -4.58. The van der Waals surface area contributed by atoms with Crippen LogP contribution in [0.15, 0.2) is 24.3 Å². The topological polar surface area (TPSA) is 61.4 Å². The first-order chi connectivity index (χ1) is 13.7. The Balaban J connectivity index is 1.75. The van der Waals surface area contributed by atoms with E-state index in [1.54, 1.807) is 16.7 Å². The molecule has 1 aliphatic rings. The number of carbonyl (C=O) groups is 1. The molecule has 1 saturated heterocycles. The van der Waals surface area contributed by atoms with Gasteiger partial charge in [-0.05, 0) is 25.1 Å². The minimum absolute atomic E-state index is 0.0793. The van der Waals surface area contributed by atoms with E-state index in [2.05, 4.69) is 15.3 Å². The summed E-state index contributed by atoms with van der Waals surface area (Å²) >= 11 is 11.9. The van der Waals surface area contributed by atoms with Crippen LogP contribution in [0, 0.1) is 0 Å². The lowest BCUT2D eigenvalue weighted by Crippen LogP contribution is -2.49. The van der Waals surface area contributed by atoms with Crippen molar-refractivity contribution < 1.29 is 18.0 Å². The SMILES string of the molecule is CCNc1nc(N2CCN(C(=O)c3cc(Cl)cc(Cl)c3)CC2)cc(C(F)(F)F)n1. The number of alkyl halides is 3. The summed E-state index contributed by atoms with van der Waals surface area (Å²) in [7, 11) is 0. The Morgan fingerprint density at radius 2 is 1.69 bits per heavy atom. The molecular formula is C18H18Cl2F3N5O. The number of hydrogen-bond acceptors (Lipinski definition) is 5. The van der Waals surface area contributed by atoms with Gasteiger partial charge in [0.05, 0.1) is 0 Å². The first-order valence-electron chi connectivity index (χ1n) is 8.88. The van der Waals surface area contributed by atoms with Gasteiger partial charge in [0.2, 0.25) is 5.95 Å². The fourth-order valence-electron chi connectivity index (χ4n) is 2.98. The molecule has 0 atom stereocenters. The van der Waals surface area contributed by atoms with Crippen LogP contribution < -0.4 is 10.2 Å². The summed E-state index contributed by atoms with van der Waals surface area (Å²) in [5.74, 6) is -0.147. The molecule has 1 amide bonds. The summed E-state index contributed by atoms with van der Waals surface area (Å²) in [6.07, 6.45) is -4.58. The molecule has 0 radical (unpaired) electrons. The number of nitrogens with one attached hydrogen (secondary N) is 1. The van der Waals surface area contributed by atoms with Crippen molar-refractivity contribution in [1.82, 2.24) is 14.9 Å². The van der Waals surface area contributed by atoms with Gasteiger partial charge >= 0.3 is 6.18 Å². The van der Waals surface area contributed by atoms with Gasteiger partial charge < -0.3 is 15.1 Å². The largest absolute Gasteiger partial charge is 0.433 e.